The fraction of sp³-hybridized carbons (Fsp3) is 0.294. The normalized spacial score (nSPS) is 19.1. The van der Waals surface area contributed by atoms with E-state index in [0.717, 1.165) is 84.5 Å². The van der Waals surface area contributed by atoms with Crippen LogP contribution < -0.4 is 0 Å². The van der Waals surface area contributed by atoms with Crippen LogP contribution in [0.1, 0.15) is 135 Å². The third-order valence-corrected chi connectivity index (χ3v) is 15.6. The largest absolute Gasteiger partial charge is 0.507 e. The Morgan fingerprint density at radius 1 is 0.528 bits per heavy atom. The van der Waals surface area contributed by atoms with Gasteiger partial charge in [0.25, 0.3) is 0 Å². The fourth-order valence-corrected chi connectivity index (χ4v) is 11.4. The molecule has 362 valence electrons. The van der Waals surface area contributed by atoms with E-state index in [1.54, 1.807) is 0 Å². The van der Waals surface area contributed by atoms with Gasteiger partial charge in [-0.2, -0.15) is 0 Å². The minimum absolute atomic E-state index is 0.153. The summed E-state index contributed by atoms with van der Waals surface area (Å²) in [4.78, 5) is 10.7. The number of hydrogen-bond donors (Lipinski definition) is 1. The van der Waals surface area contributed by atoms with Crippen molar-refractivity contribution in [3.63, 3.8) is 0 Å². The number of benzene rings is 7. The molecule has 4 nitrogen and oxygen atoms in total. The van der Waals surface area contributed by atoms with Crippen LogP contribution in [-0.4, -0.2) is 19.6 Å². The second-order valence-corrected chi connectivity index (χ2v) is 22.6. The van der Waals surface area contributed by atoms with Crippen molar-refractivity contribution in [2.24, 2.45) is 5.92 Å². The van der Waals surface area contributed by atoms with E-state index in [1.807, 2.05) is 36.5 Å². The summed E-state index contributed by atoms with van der Waals surface area (Å²) in [5.74, 6) is 0.241. The molecule has 2 fully saturated rings. The summed E-state index contributed by atoms with van der Waals surface area (Å²) >= 11 is 0. The molecule has 1 N–H and O–H groups in total. The Balaban J connectivity index is 1.01. The summed E-state index contributed by atoms with van der Waals surface area (Å²) < 4.78 is 21.1. The Morgan fingerprint density at radius 3 is 1.89 bits per heavy atom. The number of hydrogen-bond acceptors (Lipinski definition) is 3. The third-order valence-electron chi connectivity index (χ3n) is 15.6. The van der Waals surface area contributed by atoms with E-state index in [2.05, 4.69) is 186 Å². The maximum Gasteiger partial charge on any atom is 0.149 e. The molecule has 7 aromatic carbocycles. The smallest absolute Gasteiger partial charge is 0.149 e. The number of pyridine rings is 1. The van der Waals surface area contributed by atoms with E-state index in [9.17, 15) is 7.85 Å². The SMILES string of the molecule is [2H]C1(c2ccccc2)CCC([2H])(c2ccc(-c3ccnc(-c4cc(-c5cccc6c5nc(-c5cc(C(C)(C)C)ccc5O)n6-c5ccc(CC6CCCC6)cc5-c5ccccc5)cc(C(C)(C)C)c4)c3)cc2)CC1. The van der Waals surface area contributed by atoms with Crippen LogP contribution in [0.25, 0.3) is 72.7 Å². The summed E-state index contributed by atoms with van der Waals surface area (Å²) in [6.45, 7) is 13.4. The first kappa shape index (κ1) is 44.9. The molecule has 0 amide bonds. The fourth-order valence-electron chi connectivity index (χ4n) is 11.4. The average Bonchev–Trinajstić information content (AvgIpc) is 4.08. The Kier molecular flexibility index (Phi) is 12.2. The number of phenols is 1. The lowest BCUT2D eigenvalue weighted by molar-refractivity contribution is 0.396. The summed E-state index contributed by atoms with van der Waals surface area (Å²) in [5, 5.41) is 11.9. The van der Waals surface area contributed by atoms with Crippen LogP contribution in [0.2, 0.25) is 0 Å². The van der Waals surface area contributed by atoms with Crippen LogP contribution >= 0.6 is 0 Å². The van der Waals surface area contributed by atoms with E-state index in [4.69, 9.17) is 9.97 Å². The highest BCUT2D eigenvalue weighted by atomic mass is 16.3. The van der Waals surface area contributed by atoms with E-state index in [0.29, 0.717) is 43.0 Å². The van der Waals surface area contributed by atoms with Gasteiger partial charge in [-0.05, 0) is 165 Å². The third kappa shape index (κ3) is 9.69. The molecule has 0 unspecified atom stereocenters. The molecule has 9 aromatic rings. The second kappa shape index (κ2) is 19.5. The van der Waals surface area contributed by atoms with Crippen molar-refractivity contribution < 1.29 is 7.85 Å². The van der Waals surface area contributed by atoms with Gasteiger partial charge in [0, 0.05) is 25.6 Å². The van der Waals surface area contributed by atoms with Crippen LogP contribution in [-0.2, 0) is 17.3 Å². The van der Waals surface area contributed by atoms with Crippen molar-refractivity contribution in [3.8, 4) is 67.5 Å². The molecule has 2 aromatic heterocycles. The van der Waals surface area contributed by atoms with E-state index in [1.165, 1.54) is 36.8 Å². The molecule has 2 heterocycles. The summed E-state index contributed by atoms with van der Waals surface area (Å²) in [5.41, 5.74) is 17.3. The van der Waals surface area contributed by atoms with Crippen LogP contribution in [0.3, 0.4) is 0 Å². The van der Waals surface area contributed by atoms with Gasteiger partial charge in [-0.25, -0.2) is 4.98 Å². The molecule has 0 saturated heterocycles. The van der Waals surface area contributed by atoms with Gasteiger partial charge in [0.05, 0.1) is 28.0 Å². The maximum atomic E-state index is 11.9. The van der Waals surface area contributed by atoms with Gasteiger partial charge in [-0.3, -0.25) is 9.55 Å². The molecule has 2 saturated carbocycles. The maximum absolute atomic E-state index is 11.9. The number of para-hydroxylation sites is 1. The van der Waals surface area contributed by atoms with Gasteiger partial charge in [-0.15, -0.1) is 0 Å². The first-order chi connectivity index (χ1) is 35.5. The second-order valence-electron chi connectivity index (χ2n) is 22.6. The van der Waals surface area contributed by atoms with E-state index >= 15 is 0 Å². The number of phenolic OH excluding ortho intramolecular Hbond substituents is 1. The highest BCUT2D eigenvalue weighted by Crippen LogP contribution is 2.45. The van der Waals surface area contributed by atoms with Crippen LogP contribution in [0, 0.1) is 5.92 Å². The lowest BCUT2D eigenvalue weighted by atomic mass is 9.76. The van der Waals surface area contributed by atoms with Gasteiger partial charge in [-0.1, -0.05) is 182 Å². The number of imidazole rings is 1. The minimum atomic E-state index is -0.718. The molecule has 0 aliphatic heterocycles. The van der Waals surface area contributed by atoms with Crippen molar-refractivity contribution >= 4 is 11.0 Å². The lowest BCUT2D eigenvalue weighted by Crippen LogP contribution is -2.12. The zero-order valence-electron chi connectivity index (χ0n) is 45.0. The van der Waals surface area contributed by atoms with Crippen molar-refractivity contribution in [2.45, 2.75) is 122 Å². The summed E-state index contributed by atoms with van der Waals surface area (Å²) in [6.07, 6.45) is 10.8. The van der Waals surface area contributed by atoms with Gasteiger partial charge >= 0.3 is 0 Å². The van der Waals surface area contributed by atoms with Crippen molar-refractivity contribution in [3.05, 3.63) is 204 Å². The van der Waals surface area contributed by atoms with Crippen LogP contribution in [0.15, 0.2) is 176 Å². The van der Waals surface area contributed by atoms with Crippen LogP contribution in [0.4, 0.5) is 0 Å². The van der Waals surface area contributed by atoms with Gasteiger partial charge < -0.3 is 5.11 Å². The Bertz CT molecular complexity index is 3480. The van der Waals surface area contributed by atoms with Crippen molar-refractivity contribution in [2.75, 3.05) is 0 Å². The molecule has 0 radical (unpaired) electrons. The predicted octanol–water partition coefficient (Wildman–Crippen LogP) is 18.2. The Morgan fingerprint density at radius 2 is 1.19 bits per heavy atom. The number of aromatic hydroxyl groups is 1. The molecule has 4 heteroatoms. The number of aromatic nitrogens is 3. The predicted molar refractivity (Wildman–Crippen MR) is 301 cm³/mol. The molecule has 0 spiro atoms. The first-order valence-corrected chi connectivity index (χ1v) is 26.4. The molecule has 0 bridgehead atoms. The molecular formula is C68H69N3O. The van der Waals surface area contributed by atoms with Gasteiger partial charge in [0.1, 0.15) is 11.6 Å². The molecular weight excluding hydrogens is 875 g/mol. The van der Waals surface area contributed by atoms with Gasteiger partial charge in [0.15, 0.2) is 0 Å². The topological polar surface area (TPSA) is 50.9 Å². The zero-order chi connectivity index (χ0) is 51.4. The minimum Gasteiger partial charge on any atom is -0.507 e. The number of fused-ring (bicyclic) bond motifs is 1. The molecule has 0 atom stereocenters. The summed E-state index contributed by atoms with van der Waals surface area (Å²) in [6, 6.07) is 60.1. The Hall–Kier alpha value is -7.04. The van der Waals surface area contributed by atoms with E-state index in [-0.39, 0.29) is 16.6 Å². The van der Waals surface area contributed by atoms with Gasteiger partial charge in [0.2, 0.25) is 0 Å². The molecule has 2 aliphatic carbocycles. The highest BCUT2D eigenvalue weighted by molar-refractivity contribution is 5.98. The highest BCUT2D eigenvalue weighted by Gasteiger charge is 2.27. The lowest BCUT2D eigenvalue weighted by Gasteiger charge is -2.29. The number of nitrogens with zero attached hydrogens (tertiary/aromatic N) is 3. The first-order valence-electron chi connectivity index (χ1n) is 27.4. The summed E-state index contributed by atoms with van der Waals surface area (Å²) in [7, 11) is 0. The quantitative estimate of drug-likeness (QED) is 0.149. The number of rotatable bonds is 10. The Labute approximate surface area is 430 Å². The zero-order valence-corrected chi connectivity index (χ0v) is 43.0. The molecule has 72 heavy (non-hydrogen) atoms. The molecule has 2 aliphatic rings. The average molecular weight is 946 g/mol. The van der Waals surface area contributed by atoms with Crippen molar-refractivity contribution in [1.82, 2.24) is 14.5 Å². The van der Waals surface area contributed by atoms with E-state index < -0.39 is 11.8 Å². The van der Waals surface area contributed by atoms with Crippen molar-refractivity contribution in [1.29, 1.82) is 0 Å². The standard InChI is InChI=1S/C68H69N3O/c1-67(2,3)56-33-35-64(72)60(44-56)66-70-65-58(22-15-23-63(65)71(66)62-34-24-46(38-45-16-13-14-17-45)39-59(62)52-20-11-8-12-21-52)54-40-55(42-57(41-54)68(4,5)6)61-43-53(36-37-69-61)51-31-29-50(30-32-51)49-27-25-48(26-28-49)47-18-9-7-10-19-47/h7-12,15,18-24,29-37,39-45,48-49,72H,13-14,16-17,25-28,38H2,1-6H3/i48D,49D. The molecule has 11 rings (SSSR count). The monoisotopic (exact) mass is 946 g/mol. The van der Waals surface area contributed by atoms with Crippen LogP contribution in [0.5, 0.6) is 5.75 Å².